The van der Waals surface area contributed by atoms with Gasteiger partial charge in [0.1, 0.15) is 11.0 Å². The zero-order valence-corrected chi connectivity index (χ0v) is 13.9. The lowest BCUT2D eigenvalue weighted by Gasteiger charge is -1.93. The van der Waals surface area contributed by atoms with Gasteiger partial charge in [0.15, 0.2) is 0 Å². The van der Waals surface area contributed by atoms with Crippen LogP contribution in [-0.2, 0) is 0 Å². The first-order valence-corrected chi connectivity index (χ1v) is 6.89. The number of nitrogens with zero attached hydrogens (tertiary/aromatic N) is 4. The molecule has 2 N–H and O–H groups in total. The molecule has 0 saturated carbocycles. The topological polar surface area (TPSA) is 77.6 Å². The maximum atomic E-state index is 5.53. The van der Waals surface area contributed by atoms with E-state index in [9.17, 15) is 0 Å². The quantitative estimate of drug-likeness (QED) is 0.499. The zero-order chi connectivity index (χ0) is 13.7. The molecule has 0 atom stereocenters. The van der Waals surface area contributed by atoms with E-state index in [4.69, 9.17) is 40.5 Å². The van der Waals surface area contributed by atoms with Crippen molar-refractivity contribution in [2.24, 2.45) is 0 Å². The van der Waals surface area contributed by atoms with Gasteiger partial charge in [-0.25, -0.2) is 15.0 Å². The molecular weight excluding hydrogens is 432 g/mol. The largest absolute Gasteiger partial charge is 0.383 e. The van der Waals surface area contributed by atoms with E-state index in [1.165, 1.54) is 12.4 Å². The molecule has 0 aliphatic heterocycles. The van der Waals surface area contributed by atoms with E-state index in [1.807, 2.05) is 0 Å². The third-order valence-corrected chi connectivity index (χ3v) is 3.49. The van der Waals surface area contributed by atoms with Crippen LogP contribution >= 0.6 is 66.7 Å². The Bertz CT molecular complexity index is 505. The highest BCUT2D eigenvalue weighted by Gasteiger charge is 1.98. The summed E-state index contributed by atoms with van der Waals surface area (Å²) in [5, 5.41) is 0.647. The Morgan fingerprint density at radius 1 is 0.889 bits per heavy atom. The van der Waals surface area contributed by atoms with Gasteiger partial charge in [-0.15, -0.1) is 0 Å². The van der Waals surface area contributed by atoms with Crippen LogP contribution in [0, 0.1) is 0 Å². The van der Waals surface area contributed by atoms with Crippen LogP contribution in [-0.4, -0.2) is 19.9 Å². The van der Waals surface area contributed by atoms with Crippen LogP contribution in [0.1, 0.15) is 0 Å². The molecule has 96 valence electrons. The molecule has 0 aliphatic carbocycles. The van der Waals surface area contributed by atoms with Crippen LogP contribution in [0.15, 0.2) is 21.3 Å². The fourth-order valence-electron chi connectivity index (χ4n) is 0.684. The van der Waals surface area contributed by atoms with Crippen molar-refractivity contribution in [2.75, 3.05) is 5.73 Å². The second-order valence-corrected chi connectivity index (χ2v) is 5.39. The van der Waals surface area contributed by atoms with E-state index in [1.54, 1.807) is 0 Å². The zero-order valence-electron chi connectivity index (χ0n) is 8.41. The minimum atomic E-state index is 0.156. The standard InChI is InChI=1S/C4HBrCl2N2.C4H3BrClN3/c5-2-1-8-4(7)9-3(2)6;5-2-1-8-4(6)9-3(2)7/h1H;1H,(H2,7,8,9). The molecule has 0 radical (unpaired) electrons. The number of halogens is 5. The Balaban J connectivity index is 0.000000180. The molecular formula is C8H4Br2Cl3N5. The van der Waals surface area contributed by atoms with E-state index in [2.05, 4.69) is 51.8 Å². The van der Waals surface area contributed by atoms with E-state index in [0.717, 1.165) is 0 Å². The highest BCUT2D eigenvalue weighted by atomic mass is 79.9. The second-order valence-electron chi connectivity index (χ2n) is 2.65. The molecule has 0 bridgehead atoms. The Morgan fingerprint density at radius 3 is 1.78 bits per heavy atom. The minimum absolute atomic E-state index is 0.156. The fraction of sp³-hybridized carbons (Fsp3) is 0. The van der Waals surface area contributed by atoms with Crippen LogP contribution in [0.4, 0.5) is 5.82 Å². The van der Waals surface area contributed by atoms with Crippen LogP contribution in [0.2, 0.25) is 15.7 Å². The Hall–Kier alpha value is -0.210. The van der Waals surface area contributed by atoms with Gasteiger partial charge in [0.05, 0.1) is 8.95 Å². The highest BCUT2D eigenvalue weighted by Crippen LogP contribution is 2.19. The lowest BCUT2D eigenvalue weighted by molar-refractivity contribution is 1.15. The van der Waals surface area contributed by atoms with Crippen LogP contribution in [0.25, 0.3) is 0 Å². The maximum Gasteiger partial charge on any atom is 0.224 e. The lowest BCUT2D eigenvalue weighted by atomic mass is 10.6. The van der Waals surface area contributed by atoms with Gasteiger partial charge in [0.2, 0.25) is 10.6 Å². The monoisotopic (exact) mass is 433 g/mol. The van der Waals surface area contributed by atoms with Crippen molar-refractivity contribution in [3.8, 4) is 0 Å². The molecule has 2 aromatic rings. The Labute approximate surface area is 134 Å². The molecule has 2 rings (SSSR count). The summed E-state index contributed by atoms with van der Waals surface area (Å²) in [6.07, 6.45) is 3.00. The Kier molecular flexibility index (Phi) is 6.51. The third-order valence-electron chi connectivity index (χ3n) is 1.41. The van der Waals surface area contributed by atoms with Crippen LogP contribution < -0.4 is 5.73 Å². The van der Waals surface area contributed by atoms with Crippen molar-refractivity contribution >= 4 is 72.5 Å². The molecule has 0 fully saturated rings. The van der Waals surface area contributed by atoms with Gasteiger partial charge in [-0.05, 0) is 55.1 Å². The third kappa shape index (κ3) is 5.19. The number of anilines is 1. The molecule has 2 aromatic heterocycles. The van der Waals surface area contributed by atoms with Crippen molar-refractivity contribution in [1.29, 1.82) is 0 Å². The summed E-state index contributed by atoms with van der Waals surface area (Å²) in [5.74, 6) is 0.356. The van der Waals surface area contributed by atoms with Crippen molar-refractivity contribution in [1.82, 2.24) is 19.9 Å². The maximum absolute atomic E-state index is 5.53. The van der Waals surface area contributed by atoms with Gasteiger partial charge in [-0.3, -0.25) is 0 Å². The molecule has 0 spiro atoms. The number of nitrogen functional groups attached to an aromatic ring is 1. The number of aromatic nitrogens is 4. The molecule has 0 aliphatic rings. The van der Waals surface area contributed by atoms with Gasteiger partial charge < -0.3 is 5.73 Å². The first kappa shape index (κ1) is 15.8. The number of hydrogen-bond acceptors (Lipinski definition) is 5. The van der Waals surface area contributed by atoms with Gasteiger partial charge >= 0.3 is 0 Å². The van der Waals surface area contributed by atoms with Gasteiger partial charge in [-0.2, -0.15) is 4.98 Å². The molecule has 0 saturated heterocycles. The Morgan fingerprint density at radius 2 is 1.39 bits per heavy atom. The highest BCUT2D eigenvalue weighted by molar-refractivity contribution is 9.11. The van der Waals surface area contributed by atoms with Gasteiger partial charge in [0.25, 0.3) is 0 Å². The smallest absolute Gasteiger partial charge is 0.224 e. The van der Waals surface area contributed by atoms with Crippen molar-refractivity contribution in [3.63, 3.8) is 0 Å². The van der Waals surface area contributed by atoms with Crippen molar-refractivity contribution in [2.45, 2.75) is 0 Å². The predicted octanol–water partition coefficient (Wildman–Crippen LogP) is 4.02. The second kappa shape index (κ2) is 7.40. The van der Waals surface area contributed by atoms with Gasteiger partial charge in [-0.1, -0.05) is 11.6 Å². The van der Waals surface area contributed by atoms with Crippen LogP contribution in [0.5, 0.6) is 0 Å². The molecule has 18 heavy (non-hydrogen) atoms. The van der Waals surface area contributed by atoms with E-state index in [-0.39, 0.29) is 10.6 Å². The molecule has 2 heterocycles. The summed E-state index contributed by atoms with van der Waals surface area (Å²) in [6.45, 7) is 0. The van der Waals surface area contributed by atoms with Crippen molar-refractivity contribution in [3.05, 3.63) is 37.1 Å². The summed E-state index contributed by atoms with van der Waals surface area (Å²) in [6, 6.07) is 0. The number of rotatable bonds is 0. The molecule has 10 heteroatoms. The van der Waals surface area contributed by atoms with Crippen LogP contribution in [0.3, 0.4) is 0 Å². The van der Waals surface area contributed by atoms with E-state index in [0.29, 0.717) is 19.9 Å². The van der Waals surface area contributed by atoms with Crippen molar-refractivity contribution < 1.29 is 0 Å². The fourth-order valence-corrected chi connectivity index (χ4v) is 1.51. The predicted molar refractivity (Wildman–Crippen MR) is 78.9 cm³/mol. The summed E-state index contributed by atoms with van der Waals surface area (Å²) in [5.41, 5.74) is 5.34. The summed E-state index contributed by atoms with van der Waals surface area (Å²) < 4.78 is 1.31. The average molecular weight is 436 g/mol. The SMILES string of the molecule is Clc1ncc(Br)c(Cl)n1.Nc1nc(Cl)ncc1Br. The van der Waals surface area contributed by atoms with E-state index < -0.39 is 0 Å². The molecule has 0 unspecified atom stereocenters. The first-order valence-electron chi connectivity index (χ1n) is 4.17. The average Bonchev–Trinajstić information content (AvgIpc) is 2.30. The first-order chi connectivity index (χ1) is 8.40. The number of hydrogen-bond donors (Lipinski definition) is 1. The van der Waals surface area contributed by atoms with E-state index >= 15 is 0 Å². The number of nitrogens with two attached hydrogens (primary N) is 1. The molecule has 0 amide bonds. The summed E-state index contributed by atoms with van der Waals surface area (Å²) in [4.78, 5) is 14.6. The minimum Gasteiger partial charge on any atom is -0.383 e. The van der Waals surface area contributed by atoms with Gasteiger partial charge in [0, 0.05) is 12.4 Å². The normalized spacial score (nSPS) is 9.61. The summed E-state index contributed by atoms with van der Waals surface area (Å²) in [7, 11) is 0. The summed E-state index contributed by atoms with van der Waals surface area (Å²) >= 11 is 22.5. The molecule has 5 nitrogen and oxygen atoms in total. The molecule has 0 aromatic carbocycles. The lowest BCUT2D eigenvalue weighted by Crippen LogP contribution is -1.92.